The van der Waals surface area contributed by atoms with Gasteiger partial charge in [0.2, 0.25) is 0 Å². The normalized spacial score (nSPS) is 18.1. The second kappa shape index (κ2) is 4.46. The summed E-state index contributed by atoms with van der Waals surface area (Å²) in [6, 6.07) is 7.87. The Labute approximate surface area is 110 Å². The van der Waals surface area contributed by atoms with E-state index >= 15 is 0 Å². The lowest BCUT2D eigenvalue weighted by Gasteiger charge is -2.34. The Balaban J connectivity index is 2.00. The first-order valence-corrected chi connectivity index (χ1v) is 6.05. The molecule has 1 unspecified atom stereocenters. The minimum atomic E-state index is 0.0705. The van der Waals surface area contributed by atoms with E-state index in [2.05, 4.69) is 14.9 Å². The zero-order chi connectivity index (χ0) is 12.5. The van der Waals surface area contributed by atoms with E-state index in [4.69, 9.17) is 16.3 Å². The van der Waals surface area contributed by atoms with Crippen LogP contribution in [0.4, 0.5) is 5.82 Å². The Morgan fingerprint density at radius 3 is 3.06 bits per heavy atom. The summed E-state index contributed by atoms with van der Waals surface area (Å²) in [7, 11) is 1.99. The monoisotopic (exact) mass is 261 g/mol. The SMILES string of the molecule is CN1c2ncncc2OCC1c1ccccc1Cl. The van der Waals surface area contributed by atoms with E-state index in [1.54, 1.807) is 6.20 Å². The summed E-state index contributed by atoms with van der Waals surface area (Å²) in [6.07, 6.45) is 3.20. The van der Waals surface area contributed by atoms with Crippen molar-refractivity contribution >= 4 is 17.4 Å². The molecule has 18 heavy (non-hydrogen) atoms. The average Bonchev–Trinajstić information content (AvgIpc) is 2.41. The number of aromatic nitrogens is 2. The van der Waals surface area contributed by atoms with Crippen molar-refractivity contribution in [1.82, 2.24) is 9.97 Å². The molecule has 1 aliphatic heterocycles. The molecular formula is C13H12ClN3O. The summed E-state index contributed by atoms with van der Waals surface area (Å²) in [5.41, 5.74) is 1.05. The molecule has 5 heteroatoms. The number of ether oxygens (including phenoxy) is 1. The third-order valence-electron chi connectivity index (χ3n) is 3.12. The molecule has 0 saturated carbocycles. The molecule has 1 aromatic heterocycles. The summed E-state index contributed by atoms with van der Waals surface area (Å²) in [5, 5.41) is 0.746. The number of halogens is 1. The highest BCUT2D eigenvalue weighted by molar-refractivity contribution is 6.31. The van der Waals surface area contributed by atoms with Crippen molar-refractivity contribution in [1.29, 1.82) is 0 Å². The van der Waals surface area contributed by atoms with Gasteiger partial charge in [0.05, 0.1) is 12.2 Å². The Kier molecular flexibility index (Phi) is 2.80. The number of likely N-dealkylation sites (N-methyl/N-ethyl adjacent to an activating group) is 1. The summed E-state index contributed by atoms with van der Waals surface area (Å²) in [4.78, 5) is 10.3. The van der Waals surface area contributed by atoms with Crippen molar-refractivity contribution < 1.29 is 4.74 Å². The van der Waals surface area contributed by atoms with Crippen molar-refractivity contribution in [2.45, 2.75) is 6.04 Å². The molecule has 4 nitrogen and oxygen atoms in total. The summed E-state index contributed by atoms with van der Waals surface area (Å²) in [5.74, 6) is 1.50. The fourth-order valence-electron chi connectivity index (χ4n) is 2.15. The number of fused-ring (bicyclic) bond motifs is 1. The van der Waals surface area contributed by atoms with E-state index in [-0.39, 0.29) is 6.04 Å². The zero-order valence-corrected chi connectivity index (χ0v) is 10.6. The van der Waals surface area contributed by atoms with Gasteiger partial charge in [0, 0.05) is 12.1 Å². The van der Waals surface area contributed by atoms with Crippen LogP contribution in [0.25, 0.3) is 0 Å². The van der Waals surface area contributed by atoms with Gasteiger partial charge in [-0.25, -0.2) is 9.97 Å². The van der Waals surface area contributed by atoms with Crippen LogP contribution >= 0.6 is 11.6 Å². The molecule has 92 valence electrons. The molecule has 1 atom stereocenters. The van der Waals surface area contributed by atoms with E-state index in [1.165, 1.54) is 6.33 Å². The van der Waals surface area contributed by atoms with Gasteiger partial charge in [-0.2, -0.15) is 0 Å². The third kappa shape index (κ3) is 1.78. The number of anilines is 1. The van der Waals surface area contributed by atoms with Crippen LogP contribution in [-0.4, -0.2) is 23.6 Å². The van der Waals surface area contributed by atoms with Crippen molar-refractivity contribution in [2.24, 2.45) is 0 Å². The lowest BCUT2D eigenvalue weighted by atomic mass is 10.1. The minimum Gasteiger partial charge on any atom is -0.486 e. The second-order valence-corrected chi connectivity index (χ2v) is 4.58. The van der Waals surface area contributed by atoms with E-state index in [9.17, 15) is 0 Å². The van der Waals surface area contributed by atoms with E-state index in [0.29, 0.717) is 12.4 Å². The summed E-state index contributed by atoms with van der Waals surface area (Å²) >= 11 is 6.23. The van der Waals surface area contributed by atoms with Crippen LogP contribution in [0.2, 0.25) is 5.02 Å². The van der Waals surface area contributed by atoms with Gasteiger partial charge in [-0.3, -0.25) is 0 Å². The third-order valence-corrected chi connectivity index (χ3v) is 3.47. The van der Waals surface area contributed by atoms with Crippen LogP contribution in [0.3, 0.4) is 0 Å². The van der Waals surface area contributed by atoms with Gasteiger partial charge in [0.1, 0.15) is 12.9 Å². The molecule has 0 spiro atoms. The van der Waals surface area contributed by atoms with Crippen LogP contribution < -0.4 is 9.64 Å². The fraction of sp³-hybridized carbons (Fsp3) is 0.231. The zero-order valence-electron chi connectivity index (χ0n) is 9.88. The highest BCUT2D eigenvalue weighted by Crippen LogP contribution is 2.37. The van der Waals surface area contributed by atoms with Gasteiger partial charge in [-0.1, -0.05) is 29.8 Å². The highest BCUT2D eigenvalue weighted by Gasteiger charge is 2.28. The number of benzene rings is 1. The number of rotatable bonds is 1. The lowest BCUT2D eigenvalue weighted by Crippen LogP contribution is -2.34. The maximum atomic E-state index is 6.23. The van der Waals surface area contributed by atoms with Crippen molar-refractivity contribution in [2.75, 3.05) is 18.6 Å². The molecule has 0 amide bonds. The first-order valence-electron chi connectivity index (χ1n) is 5.67. The first-order chi connectivity index (χ1) is 8.77. The Bertz CT molecular complexity index is 576. The molecule has 3 rings (SSSR count). The molecule has 1 aromatic carbocycles. The van der Waals surface area contributed by atoms with Crippen LogP contribution in [0, 0.1) is 0 Å². The van der Waals surface area contributed by atoms with Crippen LogP contribution in [0.15, 0.2) is 36.8 Å². The molecular weight excluding hydrogens is 250 g/mol. The fourth-order valence-corrected chi connectivity index (χ4v) is 2.41. The van der Waals surface area contributed by atoms with E-state index in [1.807, 2.05) is 31.3 Å². The lowest BCUT2D eigenvalue weighted by molar-refractivity contribution is 0.265. The minimum absolute atomic E-state index is 0.0705. The number of hydrogen-bond acceptors (Lipinski definition) is 4. The molecule has 0 N–H and O–H groups in total. The van der Waals surface area contributed by atoms with Crippen molar-refractivity contribution in [3.63, 3.8) is 0 Å². The standard InChI is InChI=1S/C13H12ClN3O/c1-17-11(9-4-2-3-5-10(9)14)7-18-12-6-15-8-16-13(12)17/h2-6,8,11H,7H2,1H3. The summed E-state index contributed by atoms with van der Waals surface area (Å²) < 4.78 is 5.69. The average molecular weight is 262 g/mol. The maximum Gasteiger partial charge on any atom is 0.180 e. The maximum absolute atomic E-state index is 6.23. The summed E-state index contributed by atoms with van der Waals surface area (Å²) in [6.45, 7) is 0.542. The van der Waals surface area contributed by atoms with E-state index < -0.39 is 0 Å². The molecule has 2 heterocycles. The molecule has 0 saturated heterocycles. The Hall–Kier alpha value is -1.81. The highest BCUT2D eigenvalue weighted by atomic mass is 35.5. The van der Waals surface area contributed by atoms with Crippen molar-refractivity contribution in [3.05, 3.63) is 47.4 Å². The molecule has 1 aliphatic rings. The van der Waals surface area contributed by atoms with Crippen molar-refractivity contribution in [3.8, 4) is 5.75 Å². The van der Waals surface area contributed by atoms with E-state index in [0.717, 1.165) is 16.4 Å². The van der Waals surface area contributed by atoms with Gasteiger partial charge < -0.3 is 9.64 Å². The van der Waals surface area contributed by atoms with Gasteiger partial charge in [0.15, 0.2) is 11.6 Å². The van der Waals surface area contributed by atoms with Gasteiger partial charge in [-0.05, 0) is 11.6 Å². The predicted octanol–water partition coefficient (Wildman–Crippen LogP) is 2.70. The van der Waals surface area contributed by atoms with Gasteiger partial charge in [-0.15, -0.1) is 0 Å². The first kappa shape index (κ1) is 11.3. The molecule has 0 aliphatic carbocycles. The van der Waals surface area contributed by atoms with Gasteiger partial charge in [0.25, 0.3) is 0 Å². The van der Waals surface area contributed by atoms with Gasteiger partial charge >= 0.3 is 0 Å². The Morgan fingerprint density at radius 1 is 1.39 bits per heavy atom. The quantitative estimate of drug-likeness (QED) is 0.791. The number of nitrogens with zero attached hydrogens (tertiary/aromatic N) is 3. The molecule has 2 aromatic rings. The second-order valence-electron chi connectivity index (χ2n) is 4.17. The Morgan fingerprint density at radius 2 is 2.22 bits per heavy atom. The molecule has 0 fully saturated rings. The van der Waals surface area contributed by atoms with Crippen LogP contribution in [0.5, 0.6) is 5.75 Å². The molecule has 0 bridgehead atoms. The van der Waals surface area contributed by atoms with Crippen LogP contribution in [-0.2, 0) is 0 Å². The number of hydrogen-bond donors (Lipinski definition) is 0. The van der Waals surface area contributed by atoms with Crippen LogP contribution in [0.1, 0.15) is 11.6 Å². The molecule has 0 radical (unpaired) electrons. The smallest absolute Gasteiger partial charge is 0.180 e. The topological polar surface area (TPSA) is 38.2 Å². The largest absolute Gasteiger partial charge is 0.486 e. The predicted molar refractivity (Wildman–Crippen MR) is 70.1 cm³/mol.